The summed E-state index contributed by atoms with van der Waals surface area (Å²) in [5.74, 6) is 0. The van der Waals surface area contributed by atoms with E-state index in [2.05, 4.69) is 56.3 Å². The van der Waals surface area contributed by atoms with Gasteiger partial charge in [0.05, 0.1) is 22.8 Å². The average molecular weight is 1030 g/mol. The fourth-order valence-electron chi connectivity index (χ4n) is 5.13. The van der Waals surface area contributed by atoms with Crippen LogP contribution in [-0.4, -0.2) is 19.9 Å². The molecule has 5 aromatic heterocycles. The number of rotatable bonds is 4. The third-order valence-corrected chi connectivity index (χ3v) is 8.54. The number of nitrogens with zero attached hydrogens (tertiary/aromatic N) is 4. The van der Waals surface area contributed by atoms with Crippen LogP contribution in [0.1, 0.15) is 0 Å². The number of hydrogen-bond donors (Lipinski definition) is 0. The van der Waals surface area contributed by atoms with Gasteiger partial charge in [-0.3, -0.25) is 19.9 Å². The standard InChI is InChI=1S/2C16H11N2.C12H6S.2Pt/c2*1-2-7-13(8-3-1)14-10-6-11-16(18-14)15-9-4-5-12-17-15;1-3-7-11-9(5-1)10-6-2-4-8-12(10)13-11;;/h2*1-7,9-12H;1-6H;;/q2*-1;-2;2*+2. The number of thiophene rings is 1. The molecular weight excluding hydrogens is 1010 g/mol. The van der Waals surface area contributed by atoms with Gasteiger partial charge in [0.2, 0.25) is 0 Å². The van der Waals surface area contributed by atoms with Gasteiger partial charge in [0, 0.05) is 12.4 Å². The van der Waals surface area contributed by atoms with Crippen LogP contribution < -0.4 is 0 Å². The molecular formula is C44H28N4Pt2S. The largest absolute Gasteiger partial charge is 2.00 e. The van der Waals surface area contributed by atoms with Gasteiger partial charge in [-0.2, -0.15) is 70.6 Å². The fourth-order valence-corrected chi connectivity index (χ4v) is 6.16. The second-order valence-corrected chi connectivity index (χ2v) is 11.7. The molecule has 0 saturated heterocycles. The Morgan fingerprint density at radius 2 is 0.765 bits per heavy atom. The van der Waals surface area contributed by atoms with E-state index in [4.69, 9.17) is 0 Å². The summed E-state index contributed by atoms with van der Waals surface area (Å²) in [6, 6.07) is 64.3. The van der Waals surface area contributed by atoms with Crippen LogP contribution in [0.2, 0.25) is 0 Å². The molecule has 0 unspecified atom stereocenters. The molecule has 5 heterocycles. The van der Waals surface area contributed by atoms with E-state index in [9.17, 15) is 0 Å². The first-order valence-corrected chi connectivity index (χ1v) is 16.5. The quantitative estimate of drug-likeness (QED) is 0.165. The Morgan fingerprint density at radius 3 is 1.18 bits per heavy atom. The van der Waals surface area contributed by atoms with Crippen LogP contribution in [0, 0.1) is 24.3 Å². The number of benzene rings is 4. The summed E-state index contributed by atoms with van der Waals surface area (Å²) in [5.41, 5.74) is 7.35. The molecule has 4 aromatic carbocycles. The van der Waals surface area contributed by atoms with Crippen molar-refractivity contribution in [3.63, 3.8) is 0 Å². The molecule has 0 N–H and O–H groups in total. The van der Waals surface area contributed by atoms with Gasteiger partial charge < -0.3 is 0 Å². The van der Waals surface area contributed by atoms with Crippen molar-refractivity contribution in [1.82, 2.24) is 19.9 Å². The molecule has 0 saturated carbocycles. The zero-order valence-corrected chi connectivity index (χ0v) is 32.4. The molecule has 4 nitrogen and oxygen atoms in total. The molecule has 0 aliphatic heterocycles. The topological polar surface area (TPSA) is 51.6 Å². The summed E-state index contributed by atoms with van der Waals surface area (Å²) in [6.07, 6.45) is 3.55. The number of pyridine rings is 4. The SMILES string of the molecule is [Pt+2].[Pt+2].[c-]1cccc2c1sc1[c-]cccc12.[c-]1ccccc1-c1cccc(-c2ccccn2)n1.[c-]1ccccc1-c1cccc(-c2ccccn2)n1. The van der Waals surface area contributed by atoms with Gasteiger partial charge in [0.25, 0.3) is 0 Å². The van der Waals surface area contributed by atoms with Crippen molar-refractivity contribution in [1.29, 1.82) is 0 Å². The minimum atomic E-state index is 0. The van der Waals surface area contributed by atoms with E-state index in [0.29, 0.717) is 0 Å². The first kappa shape index (κ1) is 37.3. The minimum absolute atomic E-state index is 0. The van der Waals surface area contributed by atoms with E-state index >= 15 is 0 Å². The van der Waals surface area contributed by atoms with E-state index in [0.717, 1.165) is 45.3 Å². The minimum Gasteiger partial charge on any atom is -0.295 e. The predicted molar refractivity (Wildman–Crippen MR) is 200 cm³/mol. The Kier molecular flexibility index (Phi) is 13.8. The molecule has 9 rings (SSSR count). The summed E-state index contributed by atoms with van der Waals surface area (Å²) >= 11 is 1.75. The van der Waals surface area contributed by atoms with E-state index in [-0.39, 0.29) is 42.1 Å². The average Bonchev–Trinajstić information content (AvgIpc) is 3.59. The molecule has 0 atom stereocenters. The fraction of sp³-hybridized carbons (Fsp3) is 0. The molecule has 0 amide bonds. The van der Waals surface area contributed by atoms with Gasteiger partial charge in [-0.1, -0.05) is 45.8 Å². The molecule has 0 radical (unpaired) electrons. The van der Waals surface area contributed by atoms with Gasteiger partial charge in [0.1, 0.15) is 0 Å². The van der Waals surface area contributed by atoms with Crippen LogP contribution in [0.4, 0.5) is 0 Å². The van der Waals surface area contributed by atoms with Crippen molar-refractivity contribution in [2.75, 3.05) is 0 Å². The molecule has 0 aliphatic carbocycles. The molecule has 0 spiro atoms. The zero-order valence-electron chi connectivity index (χ0n) is 27.0. The molecule has 0 aliphatic rings. The molecule has 7 heteroatoms. The summed E-state index contributed by atoms with van der Waals surface area (Å²) in [6.45, 7) is 0. The van der Waals surface area contributed by atoms with Crippen LogP contribution in [0.25, 0.3) is 65.5 Å². The molecule has 0 bridgehead atoms. The molecule has 0 fully saturated rings. The van der Waals surface area contributed by atoms with Gasteiger partial charge in [-0.25, -0.2) is 0 Å². The maximum absolute atomic E-state index is 4.62. The van der Waals surface area contributed by atoms with Crippen molar-refractivity contribution in [2.45, 2.75) is 0 Å². The summed E-state index contributed by atoms with van der Waals surface area (Å²) in [7, 11) is 0. The van der Waals surface area contributed by atoms with Gasteiger partial charge in [0.15, 0.2) is 0 Å². The zero-order chi connectivity index (χ0) is 33.1. The third-order valence-electron chi connectivity index (χ3n) is 7.45. The van der Waals surface area contributed by atoms with E-state index < -0.39 is 0 Å². The third kappa shape index (κ3) is 9.66. The maximum Gasteiger partial charge on any atom is 2.00 e. The summed E-state index contributed by atoms with van der Waals surface area (Å²) in [4.78, 5) is 17.9. The van der Waals surface area contributed by atoms with E-state index in [1.807, 2.05) is 146 Å². The molecule has 250 valence electrons. The number of fused-ring (bicyclic) bond motifs is 3. The molecule has 9 aromatic rings. The first-order valence-electron chi connectivity index (χ1n) is 15.7. The van der Waals surface area contributed by atoms with Crippen molar-refractivity contribution >= 4 is 31.5 Å². The second-order valence-electron chi connectivity index (χ2n) is 10.7. The van der Waals surface area contributed by atoms with Crippen LogP contribution in [0.5, 0.6) is 0 Å². The monoisotopic (exact) mass is 1030 g/mol. The second kappa shape index (κ2) is 18.9. The van der Waals surface area contributed by atoms with Crippen molar-refractivity contribution in [3.8, 4) is 45.3 Å². The van der Waals surface area contributed by atoms with Crippen LogP contribution in [0.3, 0.4) is 0 Å². The van der Waals surface area contributed by atoms with Crippen LogP contribution in [0.15, 0.2) is 170 Å². The van der Waals surface area contributed by atoms with Crippen LogP contribution in [-0.2, 0) is 42.1 Å². The maximum atomic E-state index is 4.62. The number of hydrogen-bond acceptors (Lipinski definition) is 5. The molecule has 51 heavy (non-hydrogen) atoms. The summed E-state index contributed by atoms with van der Waals surface area (Å²) in [5, 5.41) is 2.58. The Hall–Kier alpha value is -4.92. The first-order chi connectivity index (χ1) is 24.3. The Balaban J connectivity index is 0.000000147. The van der Waals surface area contributed by atoms with Crippen molar-refractivity contribution in [2.24, 2.45) is 0 Å². The van der Waals surface area contributed by atoms with Crippen LogP contribution >= 0.6 is 11.3 Å². The predicted octanol–water partition coefficient (Wildman–Crippen LogP) is 10.9. The van der Waals surface area contributed by atoms with Gasteiger partial charge in [-0.15, -0.1) is 71.8 Å². The summed E-state index contributed by atoms with van der Waals surface area (Å²) < 4.78 is 2.44. The smallest absolute Gasteiger partial charge is 0.295 e. The van der Waals surface area contributed by atoms with E-state index in [1.165, 1.54) is 20.2 Å². The van der Waals surface area contributed by atoms with Crippen molar-refractivity contribution < 1.29 is 42.1 Å². The normalized spacial score (nSPS) is 10.0. The van der Waals surface area contributed by atoms with Crippen molar-refractivity contribution in [3.05, 3.63) is 194 Å². The van der Waals surface area contributed by atoms with E-state index in [1.54, 1.807) is 23.7 Å². The van der Waals surface area contributed by atoms with Gasteiger partial charge in [-0.05, 0) is 47.8 Å². The number of aromatic nitrogens is 4. The Bertz CT molecular complexity index is 2110. The Morgan fingerprint density at radius 1 is 0.353 bits per heavy atom. The van der Waals surface area contributed by atoms with Gasteiger partial charge >= 0.3 is 42.1 Å². The Labute approximate surface area is 330 Å².